The highest BCUT2D eigenvalue weighted by Gasteiger charge is 2.37. The molecule has 0 bridgehead atoms. The molecular weight excluding hydrogens is 368 g/mol. The molecule has 0 unspecified atom stereocenters. The number of nitrogens with zero attached hydrogens (tertiary/aromatic N) is 2. The van der Waals surface area contributed by atoms with Gasteiger partial charge in [-0.2, -0.15) is 0 Å². The van der Waals surface area contributed by atoms with E-state index in [-0.39, 0.29) is 23.5 Å². The Morgan fingerprint density at radius 2 is 1.72 bits per heavy atom. The number of benzene rings is 1. The maximum absolute atomic E-state index is 13.2. The van der Waals surface area contributed by atoms with Crippen molar-refractivity contribution in [3.05, 3.63) is 35.9 Å². The van der Waals surface area contributed by atoms with Crippen LogP contribution in [0.15, 0.2) is 30.3 Å². The summed E-state index contributed by atoms with van der Waals surface area (Å²) in [4.78, 5) is 38.4. The molecule has 1 N–H and O–H groups in total. The third-order valence-corrected chi connectivity index (χ3v) is 5.53. The van der Waals surface area contributed by atoms with Crippen molar-refractivity contribution in [3.63, 3.8) is 0 Å². The van der Waals surface area contributed by atoms with Gasteiger partial charge in [0.15, 0.2) is 0 Å². The second kappa shape index (κ2) is 11.1. The molecule has 162 valence electrons. The van der Waals surface area contributed by atoms with E-state index < -0.39 is 17.9 Å². The maximum atomic E-state index is 13.2. The number of Topliss-reactive ketones (excluding diaryl/α,β-unsaturated/α-hetero) is 1. The third kappa shape index (κ3) is 7.61. The molecule has 0 aliphatic carbocycles. The lowest BCUT2D eigenvalue weighted by atomic mass is 9.74. The van der Waals surface area contributed by atoms with Gasteiger partial charge < -0.3 is 4.90 Å². The van der Waals surface area contributed by atoms with Crippen LogP contribution in [0.5, 0.6) is 0 Å². The predicted octanol–water partition coefficient (Wildman–Crippen LogP) is 3.57. The minimum absolute atomic E-state index is 0.0854. The lowest BCUT2D eigenvalue weighted by Crippen LogP contribution is -2.43. The molecule has 29 heavy (non-hydrogen) atoms. The molecule has 6 heteroatoms. The van der Waals surface area contributed by atoms with Crippen LogP contribution in [0.25, 0.3) is 0 Å². The molecule has 1 aromatic carbocycles. The molecule has 1 aromatic rings. The first-order valence-corrected chi connectivity index (χ1v) is 10.2. The summed E-state index contributed by atoms with van der Waals surface area (Å²) in [7, 11) is 3.38. The minimum Gasteiger partial charge on any atom is -0.349 e. The smallest absolute Gasteiger partial charge is 0.233 e. The molecule has 0 aliphatic rings. The normalized spacial score (nSPS) is 14.6. The molecule has 0 radical (unpaired) electrons. The number of hydrogen-bond acceptors (Lipinski definition) is 4. The highest BCUT2D eigenvalue weighted by molar-refractivity contribution is 5.88. The Morgan fingerprint density at radius 3 is 2.21 bits per heavy atom. The monoisotopic (exact) mass is 404 g/mol. The largest absolute Gasteiger partial charge is 0.349 e. The van der Waals surface area contributed by atoms with Crippen LogP contribution < -0.4 is 0 Å². The lowest BCUT2D eigenvalue weighted by Gasteiger charge is -2.33. The number of carbonyl (C=O) groups excluding carboxylic acids is 3. The van der Waals surface area contributed by atoms with Crippen molar-refractivity contribution in [1.29, 1.82) is 0 Å². The van der Waals surface area contributed by atoms with Gasteiger partial charge in [0.2, 0.25) is 12.3 Å². The molecule has 2 amide bonds. The number of ketones is 1. The molecule has 3 atom stereocenters. The van der Waals surface area contributed by atoms with Gasteiger partial charge in [0.1, 0.15) is 5.78 Å². The van der Waals surface area contributed by atoms with E-state index in [0.29, 0.717) is 17.9 Å². The fourth-order valence-corrected chi connectivity index (χ4v) is 3.55. The zero-order valence-corrected chi connectivity index (χ0v) is 18.6. The number of carbonyl (C=O) groups is 3. The lowest BCUT2D eigenvalue weighted by molar-refractivity contribution is -0.166. The first-order chi connectivity index (χ1) is 13.5. The van der Waals surface area contributed by atoms with E-state index in [1.54, 1.807) is 21.0 Å². The van der Waals surface area contributed by atoms with Gasteiger partial charge in [0.05, 0.1) is 6.04 Å². The van der Waals surface area contributed by atoms with Gasteiger partial charge in [0, 0.05) is 32.4 Å². The zero-order valence-electron chi connectivity index (χ0n) is 18.6. The van der Waals surface area contributed by atoms with Crippen LogP contribution in [0.2, 0.25) is 0 Å². The van der Waals surface area contributed by atoms with Gasteiger partial charge in [-0.25, -0.2) is 5.06 Å². The summed E-state index contributed by atoms with van der Waals surface area (Å²) >= 11 is 0. The van der Waals surface area contributed by atoms with Crippen LogP contribution in [0.4, 0.5) is 0 Å². The van der Waals surface area contributed by atoms with E-state index in [9.17, 15) is 19.6 Å². The van der Waals surface area contributed by atoms with Crippen LogP contribution in [0.1, 0.15) is 52.5 Å². The maximum Gasteiger partial charge on any atom is 0.233 e. The Hall–Kier alpha value is -2.21. The second-order valence-electron chi connectivity index (χ2n) is 9.03. The van der Waals surface area contributed by atoms with Gasteiger partial charge in [-0.3, -0.25) is 19.6 Å². The highest BCUT2D eigenvalue weighted by atomic mass is 16.5. The fraction of sp³-hybridized carbons (Fsp3) is 0.609. The first kappa shape index (κ1) is 24.8. The van der Waals surface area contributed by atoms with Gasteiger partial charge in [-0.15, -0.1) is 0 Å². The van der Waals surface area contributed by atoms with Gasteiger partial charge in [-0.1, -0.05) is 51.1 Å². The van der Waals surface area contributed by atoms with Crippen molar-refractivity contribution in [2.45, 2.75) is 59.4 Å². The SMILES string of the molecule is C[C@@H]([C@@H](CCCc1ccccc1)C(=O)C[C@H](C(=O)N(C)C)C(C)(C)C)N(O)C=O. The van der Waals surface area contributed by atoms with Gasteiger partial charge in [0.25, 0.3) is 0 Å². The second-order valence-corrected chi connectivity index (χ2v) is 9.03. The van der Waals surface area contributed by atoms with E-state index >= 15 is 0 Å². The Morgan fingerprint density at radius 1 is 1.14 bits per heavy atom. The number of aryl methyl sites for hydroxylation is 1. The summed E-state index contributed by atoms with van der Waals surface area (Å²) in [6.07, 6.45) is 2.51. The van der Waals surface area contributed by atoms with Gasteiger partial charge in [-0.05, 0) is 37.2 Å². The molecule has 6 nitrogen and oxygen atoms in total. The Labute approximate surface area is 174 Å². The first-order valence-electron chi connectivity index (χ1n) is 10.2. The number of rotatable bonds is 11. The molecule has 0 spiro atoms. The van der Waals surface area contributed by atoms with E-state index in [1.807, 2.05) is 51.1 Å². The minimum atomic E-state index is -0.647. The number of hydrogen-bond donors (Lipinski definition) is 1. The topological polar surface area (TPSA) is 77.9 Å². The van der Waals surface area contributed by atoms with Crippen molar-refractivity contribution < 1.29 is 19.6 Å². The third-order valence-electron chi connectivity index (χ3n) is 5.53. The van der Waals surface area contributed by atoms with Gasteiger partial charge >= 0.3 is 0 Å². The molecule has 0 saturated carbocycles. The van der Waals surface area contributed by atoms with Crippen molar-refractivity contribution in [1.82, 2.24) is 9.96 Å². The van der Waals surface area contributed by atoms with E-state index in [4.69, 9.17) is 0 Å². The molecule has 0 heterocycles. The number of hydroxylamine groups is 2. The summed E-state index contributed by atoms with van der Waals surface area (Å²) < 4.78 is 0. The highest BCUT2D eigenvalue weighted by Crippen LogP contribution is 2.32. The van der Waals surface area contributed by atoms with Crippen LogP contribution in [-0.4, -0.2) is 53.4 Å². The average Bonchev–Trinajstić information content (AvgIpc) is 2.67. The quantitative estimate of drug-likeness (QED) is 0.347. The molecular formula is C23H36N2O4. The van der Waals surface area contributed by atoms with Crippen LogP contribution in [0.3, 0.4) is 0 Å². The van der Waals surface area contributed by atoms with Crippen molar-refractivity contribution in [3.8, 4) is 0 Å². The summed E-state index contributed by atoms with van der Waals surface area (Å²) in [6, 6.07) is 9.34. The fourth-order valence-electron chi connectivity index (χ4n) is 3.55. The summed E-state index contributed by atoms with van der Waals surface area (Å²) in [5.41, 5.74) is 0.802. The van der Waals surface area contributed by atoms with E-state index in [1.165, 1.54) is 10.5 Å². The predicted molar refractivity (Wildman–Crippen MR) is 113 cm³/mol. The molecule has 0 fully saturated rings. The van der Waals surface area contributed by atoms with Crippen molar-refractivity contribution in [2.75, 3.05) is 14.1 Å². The zero-order chi connectivity index (χ0) is 22.2. The van der Waals surface area contributed by atoms with Crippen molar-refractivity contribution in [2.24, 2.45) is 17.3 Å². The van der Waals surface area contributed by atoms with E-state index in [0.717, 1.165) is 12.8 Å². The molecule has 1 rings (SSSR count). The molecule has 0 aliphatic heterocycles. The standard InChI is InChI=1S/C23H36N2O4/c1-17(25(29)16-26)19(14-10-13-18-11-8-7-9-12-18)21(27)15-20(23(2,3)4)22(28)24(5)6/h7-9,11-12,16-17,19-20,29H,10,13-15H2,1-6H3/t17-,19+,20+/m0/s1. The van der Waals surface area contributed by atoms with Crippen LogP contribution in [0, 0.1) is 17.3 Å². The van der Waals surface area contributed by atoms with Crippen LogP contribution >= 0.6 is 0 Å². The Bertz CT molecular complexity index is 667. The summed E-state index contributed by atoms with van der Waals surface area (Å²) in [5, 5.41) is 10.5. The average molecular weight is 405 g/mol. The number of amides is 2. The Balaban J connectivity index is 2.95. The summed E-state index contributed by atoms with van der Waals surface area (Å²) in [5.74, 6) is -1.18. The Kier molecular flexibility index (Phi) is 9.50. The molecule has 0 aromatic heterocycles. The summed E-state index contributed by atoms with van der Waals surface area (Å²) in [6.45, 7) is 7.51. The van der Waals surface area contributed by atoms with Crippen molar-refractivity contribution >= 4 is 18.1 Å². The molecule has 0 saturated heterocycles. The van der Waals surface area contributed by atoms with E-state index in [2.05, 4.69) is 0 Å². The van der Waals surface area contributed by atoms with Crippen LogP contribution in [-0.2, 0) is 20.8 Å².